The second kappa shape index (κ2) is 9.68. The van der Waals surface area contributed by atoms with Crippen LogP contribution < -0.4 is 0 Å². The molecule has 6 rings (SSSR count). The number of hydrogen-bond donors (Lipinski definition) is 2. The number of aromatic amines is 1. The molecule has 10 heteroatoms. The summed E-state index contributed by atoms with van der Waals surface area (Å²) >= 11 is 3.52. The van der Waals surface area contributed by atoms with Gasteiger partial charge in [-0.2, -0.15) is 5.10 Å². The Morgan fingerprint density at radius 3 is 2.77 bits per heavy atom. The van der Waals surface area contributed by atoms with E-state index in [9.17, 15) is 14.7 Å². The third-order valence-corrected chi connectivity index (χ3v) is 8.47. The van der Waals surface area contributed by atoms with E-state index in [1.165, 1.54) is 6.08 Å². The van der Waals surface area contributed by atoms with Crippen molar-refractivity contribution in [3.63, 3.8) is 0 Å². The van der Waals surface area contributed by atoms with Gasteiger partial charge in [0.15, 0.2) is 0 Å². The second-order valence-electron chi connectivity index (χ2n) is 10.3. The highest BCUT2D eigenvalue weighted by atomic mass is 79.9. The van der Waals surface area contributed by atoms with Crippen molar-refractivity contribution in [1.29, 1.82) is 0 Å². The van der Waals surface area contributed by atoms with Crippen molar-refractivity contribution >= 4 is 38.8 Å². The Labute approximate surface area is 234 Å². The van der Waals surface area contributed by atoms with Gasteiger partial charge in [-0.25, -0.2) is 9.67 Å². The number of phenolic OH excluding ortho intramolecular Hbond substituents is 1. The number of nitrogens with zero attached hydrogens (tertiary/aromatic N) is 5. The highest BCUT2D eigenvalue weighted by Gasteiger charge is 2.40. The maximum absolute atomic E-state index is 14.1. The van der Waals surface area contributed by atoms with E-state index < -0.39 is 6.04 Å². The van der Waals surface area contributed by atoms with Gasteiger partial charge in [-0.3, -0.25) is 9.59 Å². The van der Waals surface area contributed by atoms with Crippen LogP contribution in [0.4, 0.5) is 0 Å². The number of phenols is 1. The Morgan fingerprint density at radius 2 is 2.03 bits per heavy atom. The van der Waals surface area contributed by atoms with Gasteiger partial charge in [-0.15, -0.1) is 0 Å². The van der Waals surface area contributed by atoms with Crippen LogP contribution in [-0.2, 0) is 17.6 Å². The van der Waals surface area contributed by atoms with Crippen molar-refractivity contribution in [2.24, 2.45) is 0 Å². The van der Waals surface area contributed by atoms with Gasteiger partial charge >= 0.3 is 0 Å². The molecule has 2 N–H and O–H groups in total. The minimum Gasteiger partial charge on any atom is -0.506 e. The molecular formula is C29H29BrN6O3. The van der Waals surface area contributed by atoms with Crippen molar-refractivity contribution in [3.8, 4) is 11.4 Å². The summed E-state index contributed by atoms with van der Waals surface area (Å²) < 4.78 is 2.66. The Hall–Kier alpha value is -3.92. The van der Waals surface area contributed by atoms with Gasteiger partial charge < -0.3 is 19.9 Å². The first-order chi connectivity index (χ1) is 18.8. The molecule has 1 atom stereocenters. The van der Waals surface area contributed by atoms with E-state index in [4.69, 9.17) is 5.10 Å². The lowest BCUT2D eigenvalue weighted by atomic mass is 9.94. The van der Waals surface area contributed by atoms with E-state index in [0.717, 1.165) is 32.5 Å². The minimum absolute atomic E-state index is 0.147. The summed E-state index contributed by atoms with van der Waals surface area (Å²) in [6, 6.07) is 8.95. The van der Waals surface area contributed by atoms with Gasteiger partial charge in [0, 0.05) is 42.5 Å². The minimum atomic E-state index is -0.397. The summed E-state index contributed by atoms with van der Waals surface area (Å²) in [5, 5.41) is 15.9. The van der Waals surface area contributed by atoms with Crippen molar-refractivity contribution in [2.75, 3.05) is 19.6 Å². The fraction of sp³-hybridized carbons (Fsp3) is 0.310. The number of carbonyl (C=O) groups is 2. The van der Waals surface area contributed by atoms with Crippen LogP contribution in [0.2, 0.25) is 0 Å². The summed E-state index contributed by atoms with van der Waals surface area (Å²) in [5.74, 6) is 0.137. The normalized spacial score (nSPS) is 16.9. The summed E-state index contributed by atoms with van der Waals surface area (Å²) in [4.78, 5) is 37.9. The van der Waals surface area contributed by atoms with Crippen molar-refractivity contribution in [2.45, 2.75) is 38.6 Å². The average molecular weight is 589 g/mol. The molecule has 4 heterocycles. The van der Waals surface area contributed by atoms with E-state index in [-0.39, 0.29) is 23.5 Å². The van der Waals surface area contributed by atoms with E-state index in [0.29, 0.717) is 49.2 Å². The zero-order valence-corrected chi connectivity index (χ0v) is 23.4. The number of amides is 2. The molecule has 2 aromatic carbocycles. The summed E-state index contributed by atoms with van der Waals surface area (Å²) in [6.45, 7) is 9.08. The molecule has 0 bridgehead atoms. The fourth-order valence-corrected chi connectivity index (χ4v) is 6.21. The predicted octanol–water partition coefficient (Wildman–Crippen LogP) is 4.65. The van der Waals surface area contributed by atoms with Crippen LogP contribution in [0, 0.1) is 0 Å². The number of H-pyrrole nitrogens is 1. The molecule has 2 aliphatic heterocycles. The van der Waals surface area contributed by atoms with Crippen LogP contribution in [0.25, 0.3) is 16.7 Å². The molecule has 39 heavy (non-hydrogen) atoms. The lowest BCUT2D eigenvalue weighted by Gasteiger charge is -2.38. The number of hydrogen-bond acceptors (Lipinski definition) is 5. The maximum Gasteiger partial charge on any atom is 0.256 e. The first-order valence-corrected chi connectivity index (χ1v) is 13.9. The Bertz CT molecular complexity index is 1640. The molecule has 0 aliphatic carbocycles. The smallest absolute Gasteiger partial charge is 0.256 e. The molecule has 9 nitrogen and oxygen atoms in total. The molecule has 0 spiro atoms. The Balaban J connectivity index is 1.46. The lowest BCUT2D eigenvalue weighted by molar-refractivity contribution is -0.126. The highest BCUT2D eigenvalue weighted by Crippen LogP contribution is 2.39. The molecule has 200 valence electrons. The van der Waals surface area contributed by atoms with Crippen molar-refractivity contribution in [1.82, 2.24) is 29.5 Å². The Morgan fingerprint density at radius 1 is 1.21 bits per heavy atom. The van der Waals surface area contributed by atoms with Gasteiger partial charge in [0.2, 0.25) is 5.91 Å². The molecule has 0 saturated heterocycles. The molecule has 0 saturated carbocycles. The van der Waals surface area contributed by atoms with Crippen LogP contribution in [0.3, 0.4) is 0 Å². The monoisotopic (exact) mass is 588 g/mol. The second-order valence-corrected chi connectivity index (χ2v) is 11.2. The molecular weight excluding hydrogens is 560 g/mol. The quantitative estimate of drug-likeness (QED) is 0.337. The van der Waals surface area contributed by atoms with E-state index >= 15 is 0 Å². The predicted molar refractivity (Wildman–Crippen MR) is 151 cm³/mol. The molecule has 2 aliphatic rings. The zero-order valence-electron chi connectivity index (χ0n) is 21.8. The molecule has 2 amide bonds. The number of halogens is 1. The molecule has 0 radical (unpaired) electrons. The number of aromatic hydroxyl groups is 1. The van der Waals surface area contributed by atoms with Gasteiger partial charge in [-0.1, -0.05) is 26.5 Å². The average Bonchev–Trinajstić information content (AvgIpc) is 3.51. The first-order valence-electron chi connectivity index (χ1n) is 13.1. The van der Waals surface area contributed by atoms with Crippen molar-refractivity contribution < 1.29 is 14.7 Å². The van der Waals surface area contributed by atoms with Gasteiger partial charge in [-0.05, 0) is 57.8 Å². The third kappa shape index (κ3) is 4.14. The van der Waals surface area contributed by atoms with Crippen LogP contribution in [0.15, 0.2) is 53.8 Å². The van der Waals surface area contributed by atoms with Crippen LogP contribution in [0.5, 0.6) is 5.75 Å². The number of nitrogens with one attached hydrogen (secondary N) is 1. The largest absolute Gasteiger partial charge is 0.506 e. The molecule has 0 fully saturated rings. The van der Waals surface area contributed by atoms with E-state index in [1.807, 2.05) is 27.8 Å². The van der Waals surface area contributed by atoms with Gasteiger partial charge in [0.25, 0.3) is 5.91 Å². The van der Waals surface area contributed by atoms with Crippen molar-refractivity contribution in [3.05, 3.63) is 81.9 Å². The third-order valence-electron chi connectivity index (χ3n) is 7.81. The number of carbonyl (C=O) groups excluding carboxylic acids is 2. The number of fused-ring (bicyclic) bond motifs is 1. The number of aromatic nitrogens is 4. The summed E-state index contributed by atoms with van der Waals surface area (Å²) in [5.41, 5.74) is 6.27. The van der Waals surface area contributed by atoms with Crippen LogP contribution in [0.1, 0.15) is 58.7 Å². The maximum atomic E-state index is 14.1. The number of rotatable bonds is 4. The number of imidazole rings is 1. The van der Waals surface area contributed by atoms with Gasteiger partial charge in [0.1, 0.15) is 17.0 Å². The standard InChI is InChI=1S/C29H29BrN6O3/c1-4-25(38)34-11-9-20-26-22(36(33-20)21-8-5-17(16(2)3)13-24(21)37)10-12-35(23(26)14-34)29(39)18-6-7-19(30)28-27(18)31-15-32-28/h4-8,13,15-16,23,37H,1,9-12,14H2,2-3H3,(H,31,32)/t23-/m1/s1. The molecule has 2 aromatic heterocycles. The zero-order chi connectivity index (χ0) is 27.4. The number of benzene rings is 2. The van der Waals surface area contributed by atoms with E-state index in [2.05, 4.69) is 46.3 Å². The molecule has 0 unspecified atom stereocenters. The molecule has 4 aromatic rings. The van der Waals surface area contributed by atoms with Gasteiger partial charge in [0.05, 0.1) is 34.8 Å². The Kier molecular flexibility index (Phi) is 6.29. The summed E-state index contributed by atoms with van der Waals surface area (Å²) in [7, 11) is 0. The van der Waals surface area contributed by atoms with Crippen LogP contribution in [-0.4, -0.2) is 66.1 Å². The van der Waals surface area contributed by atoms with E-state index in [1.54, 1.807) is 23.4 Å². The SMILES string of the molecule is C=CC(=O)N1CCc2nn(-c3ccc(C(C)C)cc3O)c3c2[C@@H](C1)N(C(=O)c1ccc(Br)c2[nH]cnc12)CC3. The van der Waals surface area contributed by atoms with Crippen LogP contribution >= 0.6 is 15.9 Å². The fourth-order valence-electron chi connectivity index (χ4n) is 5.77. The first kappa shape index (κ1) is 25.4. The topological polar surface area (TPSA) is 107 Å². The lowest BCUT2D eigenvalue weighted by Crippen LogP contribution is -2.45. The summed E-state index contributed by atoms with van der Waals surface area (Å²) in [6.07, 6.45) is 4.00. The highest BCUT2D eigenvalue weighted by molar-refractivity contribution is 9.10.